The molecule has 0 radical (unpaired) electrons. The summed E-state index contributed by atoms with van der Waals surface area (Å²) in [5.41, 5.74) is 2.53. The maximum atomic E-state index is 12.8. The molecule has 3 aromatic carbocycles. The number of hydrogen-bond donors (Lipinski definition) is 4. The second kappa shape index (κ2) is 14.8. The average Bonchev–Trinajstić information content (AvgIpc) is 2.93. The van der Waals surface area contributed by atoms with Crippen LogP contribution in [0.5, 0.6) is 11.5 Å². The number of nitrogens with zero attached hydrogens (tertiary/aromatic N) is 1. The number of urea groups is 1. The number of benzene rings is 3. The highest BCUT2D eigenvalue weighted by atomic mass is 32.2. The first-order valence-corrected chi connectivity index (χ1v) is 18.4. The Bertz CT molecular complexity index is 1610. The van der Waals surface area contributed by atoms with Crippen molar-refractivity contribution >= 4 is 43.1 Å². The third-order valence-electron chi connectivity index (χ3n) is 7.19. The topological polar surface area (TPSA) is 146 Å². The molecule has 0 saturated carbocycles. The van der Waals surface area contributed by atoms with Gasteiger partial charge in [0.2, 0.25) is 20.0 Å². The molecule has 4 rings (SSSR count). The minimum Gasteiger partial charge on any atom is -0.457 e. The molecule has 2 atom stereocenters. The van der Waals surface area contributed by atoms with Crippen LogP contribution in [0.3, 0.4) is 0 Å². The number of rotatable bonds is 13. The fourth-order valence-corrected chi connectivity index (χ4v) is 6.36. The second-order valence-electron chi connectivity index (χ2n) is 11.2. The zero-order valence-electron chi connectivity index (χ0n) is 25.2. The molecular weight excluding hydrogens is 603 g/mol. The number of ether oxygens (including phenoxy) is 1. The van der Waals surface area contributed by atoms with Gasteiger partial charge in [0.15, 0.2) is 0 Å². The Kier molecular flexibility index (Phi) is 11.1. The molecule has 0 spiro atoms. The molecule has 4 N–H and O–H groups in total. The average molecular weight is 644 g/mol. The molecule has 0 bridgehead atoms. The van der Waals surface area contributed by atoms with Crippen LogP contribution in [0.25, 0.3) is 0 Å². The molecule has 2 unspecified atom stereocenters. The molecule has 1 aliphatic heterocycles. The predicted octanol–water partition coefficient (Wildman–Crippen LogP) is 5.57. The number of carbonyl (C=O) groups is 1. The molecule has 2 amide bonds. The summed E-state index contributed by atoms with van der Waals surface area (Å²) in [5, 5.41) is 5.93. The van der Waals surface area contributed by atoms with Gasteiger partial charge in [-0.1, -0.05) is 38.0 Å². The van der Waals surface area contributed by atoms with E-state index < -0.39 is 20.0 Å². The summed E-state index contributed by atoms with van der Waals surface area (Å²) in [5.74, 6) is 1.29. The van der Waals surface area contributed by atoms with Crippen LogP contribution < -0.4 is 24.8 Å². The Labute approximate surface area is 260 Å². The van der Waals surface area contributed by atoms with Crippen LogP contribution in [0, 0.1) is 0 Å². The highest BCUT2D eigenvalue weighted by Gasteiger charge is 2.29. The first-order chi connectivity index (χ1) is 20.8. The van der Waals surface area contributed by atoms with Crippen molar-refractivity contribution in [3.05, 3.63) is 78.4 Å². The Balaban J connectivity index is 1.30. The molecule has 3 aromatic rings. The molecule has 0 aliphatic carbocycles. The maximum Gasteiger partial charge on any atom is 0.319 e. The Morgan fingerprint density at radius 2 is 1.48 bits per heavy atom. The quantitative estimate of drug-likeness (QED) is 0.191. The monoisotopic (exact) mass is 643 g/mol. The molecule has 13 heteroatoms. The first-order valence-electron chi connectivity index (χ1n) is 14.6. The van der Waals surface area contributed by atoms with Gasteiger partial charge in [0.1, 0.15) is 11.5 Å². The van der Waals surface area contributed by atoms with E-state index in [4.69, 9.17) is 4.74 Å². The van der Waals surface area contributed by atoms with Gasteiger partial charge in [-0.05, 0) is 79.4 Å². The van der Waals surface area contributed by atoms with Gasteiger partial charge in [0.05, 0.1) is 18.2 Å². The summed E-state index contributed by atoms with van der Waals surface area (Å²) < 4.78 is 56.7. The maximum absolute atomic E-state index is 12.8. The molecule has 1 fully saturated rings. The number of sulfonamides is 2. The lowest BCUT2D eigenvalue weighted by molar-refractivity contribution is 0.111. The first kappa shape index (κ1) is 33.1. The standard InChI is InChI=1S/C31H41N5O6S2/c1-4-5-9-28-21-26(33-31(37)32-25-7-6-8-27(20-25)35-44(3,40)41)18-19-36(28)22-23-10-14-29(15-11-23)42-30-16-12-24(13-17-30)34-43(2,38)39/h6-8,10-17,20,26,28,34-35H,4-5,9,18-19,21-22H2,1-3H3,(H2,32,33,37). The van der Waals surface area contributed by atoms with Crippen molar-refractivity contribution in [1.82, 2.24) is 10.2 Å². The van der Waals surface area contributed by atoms with Gasteiger partial charge < -0.3 is 15.4 Å². The molecule has 1 saturated heterocycles. The van der Waals surface area contributed by atoms with E-state index in [1.54, 1.807) is 48.5 Å². The van der Waals surface area contributed by atoms with Gasteiger partial charge in [-0.2, -0.15) is 0 Å². The van der Waals surface area contributed by atoms with Gasteiger partial charge >= 0.3 is 6.03 Å². The fourth-order valence-electron chi connectivity index (χ4n) is 5.24. The summed E-state index contributed by atoms with van der Waals surface area (Å²) in [6.07, 6.45) is 7.09. The highest BCUT2D eigenvalue weighted by molar-refractivity contribution is 7.92. The van der Waals surface area contributed by atoms with E-state index in [2.05, 4.69) is 44.0 Å². The van der Waals surface area contributed by atoms with Crippen LogP contribution >= 0.6 is 0 Å². The van der Waals surface area contributed by atoms with Crippen LogP contribution in [-0.2, 0) is 26.6 Å². The lowest BCUT2D eigenvalue weighted by Crippen LogP contribution is -2.50. The van der Waals surface area contributed by atoms with E-state index >= 15 is 0 Å². The summed E-state index contributed by atoms with van der Waals surface area (Å²) >= 11 is 0. The smallest absolute Gasteiger partial charge is 0.319 e. The van der Waals surface area contributed by atoms with Gasteiger partial charge in [0, 0.05) is 36.5 Å². The molecule has 1 aliphatic rings. The molecule has 0 aromatic heterocycles. The fraction of sp³-hybridized carbons (Fsp3) is 0.387. The number of carbonyl (C=O) groups excluding carboxylic acids is 1. The van der Waals surface area contributed by atoms with Crippen molar-refractivity contribution in [3.8, 4) is 11.5 Å². The summed E-state index contributed by atoms with van der Waals surface area (Å²) in [4.78, 5) is 15.3. The Morgan fingerprint density at radius 1 is 0.864 bits per heavy atom. The largest absolute Gasteiger partial charge is 0.457 e. The van der Waals surface area contributed by atoms with Gasteiger partial charge in [-0.15, -0.1) is 0 Å². The van der Waals surface area contributed by atoms with E-state index in [0.29, 0.717) is 34.6 Å². The van der Waals surface area contributed by atoms with Crippen LogP contribution in [0.2, 0.25) is 0 Å². The van der Waals surface area contributed by atoms with Crippen molar-refractivity contribution in [3.63, 3.8) is 0 Å². The molecule has 44 heavy (non-hydrogen) atoms. The number of hydrogen-bond acceptors (Lipinski definition) is 7. The van der Waals surface area contributed by atoms with E-state index in [9.17, 15) is 21.6 Å². The number of amides is 2. The van der Waals surface area contributed by atoms with Gasteiger partial charge in [-0.3, -0.25) is 14.3 Å². The molecule has 1 heterocycles. The lowest BCUT2D eigenvalue weighted by atomic mass is 9.93. The summed E-state index contributed by atoms with van der Waals surface area (Å²) in [6.45, 7) is 3.82. The Hall–Kier alpha value is -3.81. The molecule has 11 nitrogen and oxygen atoms in total. The molecular formula is C31H41N5O6S2. The van der Waals surface area contributed by atoms with Crippen LogP contribution in [0.1, 0.15) is 44.6 Å². The highest BCUT2D eigenvalue weighted by Crippen LogP contribution is 2.27. The number of nitrogens with one attached hydrogen (secondary N) is 4. The molecule has 238 valence electrons. The second-order valence-corrected chi connectivity index (χ2v) is 14.7. The third-order valence-corrected chi connectivity index (χ3v) is 8.40. The van der Waals surface area contributed by atoms with Crippen molar-refractivity contribution in [2.75, 3.05) is 33.8 Å². The van der Waals surface area contributed by atoms with E-state index in [1.165, 1.54) is 5.56 Å². The predicted molar refractivity (Wildman–Crippen MR) is 175 cm³/mol. The summed E-state index contributed by atoms with van der Waals surface area (Å²) in [7, 11) is -6.75. The third kappa shape index (κ3) is 11.0. The summed E-state index contributed by atoms with van der Waals surface area (Å²) in [6, 6.07) is 21.3. The van der Waals surface area contributed by atoms with Crippen molar-refractivity contribution in [1.29, 1.82) is 0 Å². The number of likely N-dealkylation sites (tertiary alicyclic amines) is 1. The normalized spacial score (nSPS) is 17.4. The van der Waals surface area contributed by atoms with E-state index in [0.717, 1.165) is 57.7 Å². The van der Waals surface area contributed by atoms with E-state index in [-0.39, 0.29) is 12.1 Å². The van der Waals surface area contributed by atoms with Crippen LogP contribution in [0.15, 0.2) is 72.8 Å². The van der Waals surface area contributed by atoms with Crippen molar-refractivity contribution in [2.45, 2.75) is 57.7 Å². The van der Waals surface area contributed by atoms with Crippen LogP contribution in [0.4, 0.5) is 21.9 Å². The van der Waals surface area contributed by atoms with Crippen molar-refractivity contribution < 1.29 is 26.4 Å². The van der Waals surface area contributed by atoms with Crippen LogP contribution in [-0.4, -0.2) is 58.9 Å². The zero-order chi connectivity index (χ0) is 31.7. The van der Waals surface area contributed by atoms with E-state index in [1.807, 2.05) is 12.1 Å². The zero-order valence-corrected chi connectivity index (χ0v) is 26.9. The SMILES string of the molecule is CCCCC1CC(NC(=O)Nc2cccc(NS(C)(=O)=O)c2)CCN1Cc1ccc(Oc2ccc(NS(C)(=O)=O)cc2)cc1. The van der Waals surface area contributed by atoms with Crippen molar-refractivity contribution in [2.24, 2.45) is 0 Å². The lowest BCUT2D eigenvalue weighted by Gasteiger charge is -2.40. The number of piperidine rings is 1. The number of unbranched alkanes of at least 4 members (excludes halogenated alkanes) is 1. The Morgan fingerprint density at radius 3 is 2.11 bits per heavy atom. The number of anilines is 3. The minimum atomic E-state index is -3.41. The minimum absolute atomic E-state index is 0.0280. The van der Waals surface area contributed by atoms with Gasteiger partial charge in [-0.25, -0.2) is 21.6 Å². The van der Waals surface area contributed by atoms with Gasteiger partial charge in [0.25, 0.3) is 0 Å².